The van der Waals surface area contributed by atoms with Crippen LogP contribution in [0, 0.1) is 0 Å². The zero-order valence-electron chi connectivity index (χ0n) is 18.0. The number of alkyl halides is 4. The largest absolute Gasteiger partial charge is 0.408 e. The van der Waals surface area contributed by atoms with Crippen LogP contribution in [0.3, 0.4) is 0 Å². The summed E-state index contributed by atoms with van der Waals surface area (Å²) in [5.74, 6) is -0.605. The first-order chi connectivity index (χ1) is 15.4. The summed E-state index contributed by atoms with van der Waals surface area (Å²) in [5.41, 5.74) is 0.995. The van der Waals surface area contributed by atoms with Crippen LogP contribution >= 0.6 is 0 Å². The second kappa shape index (κ2) is 8.01. The molecular formula is C21H21F4N7O. The SMILES string of the molecule is CC(Nc1ncc2c(-c3ccn4ncc(C(=O)NCC(C)(C)F)c4c3)c[nH]c2n1)C(F)(F)F. The van der Waals surface area contributed by atoms with Crippen molar-refractivity contribution in [3.63, 3.8) is 0 Å². The van der Waals surface area contributed by atoms with Gasteiger partial charge in [-0.3, -0.25) is 4.79 Å². The molecule has 0 aliphatic rings. The number of carbonyl (C=O) groups is 1. The van der Waals surface area contributed by atoms with E-state index in [0.29, 0.717) is 27.7 Å². The molecule has 4 rings (SSSR count). The second-order valence-electron chi connectivity index (χ2n) is 8.27. The van der Waals surface area contributed by atoms with E-state index in [2.05, 4.69) is 30.7 Å². The van der Waals surface area contributed by atoms with Crippen molar-refractivity contribution in [3.8, 4) is 11.1 Å². The number of hydrogen-bond donors (Lipinski definition) is 3. The lowest BCUT2D eigenvalue weighted by molar-refractivity contribution is -0.138. The summed E-state index contributed by atoms with van der Waals surface area (Å²) in [4.78, 5) is 23.6. The number of anilines is 1. The third kappa shape index (κ3) is 4.73. The molecule has 12 heteroatoms. The van der Waals surface area contributed by atoms with Gasteiger partial charge in [0.25, 0.3) is 5.91 Å². The van der Waals surface area contributed by atoms with Gasteiger partial charge in [-0.05, 0) is 38.5 Å². The van der Waals surface area contributed by atoms with Crippen LogP contribution in [0.25, 0.3) is 27.7 Å². The molecule has 0 aliphatic carbocycles. The maximum absolute atomic E-state index is 13.7. The summed E-state index contributed by atoms with van der Waals surface area (Å²) in [7, 11) is 0. The van der Waals surface area contributed by atoms with Crippen molar-refractivity contribution in [2.24, 2.45) is 0 Å². The molecule has 1 amide bonds. The molecule has 8 nitrogen and oxygen atoms in total. The Morgan fingerprint density at radius 3 is 2.70 bits per heavy atom. The molecule has 3 N–H and O–H groups in total. The molecule has 0 fully saturated rings. The lowest BCUT2D eigenvalue weighted by atomic mass is 10.1. The molecular weight excluding hydrogens is 442 g/mol. The van der Waals surface area contributed by atoms with Crippen LogP contribution in [0.5, 0.6) is 0 Å². The molecule has 0 aliphatic heterocycles. The number of carbonyl (C=O) groups excluding carboxylic acids is 1. The first-order valence-electron chi connectivity index (χ1n) is 10.0. The number of halogens is 4. The minimum Gasteiger partial charge on any atom is -0.349 e. The molecule has 0 saturated carbocycles. The molecule has 174 valence electrons. The zero-order chi connectivity index (χ0) is 24.0. The number of hydrogen-bond acceptors (Lipinski definition) is 5. The minimum absolute atomic E-state index is 0.147. The van der Waals surface area contributed by atoms with Gasteiger partial charge in [-0.15, -0.1) is 0 Å². The second-order valence-corrected chi connectivity index (χ2v) is 8.27. The number of nitrogens with one attached hydrogen (secondary N) is 3. The van der Waals surface area contributed by atoms with Crippen molar-refractivity contribution in [1.82, 2.24) is 29.9 Å². The van der Waals surface area contributed by atoms with Crippen molar-refractivity contribution in [3.05, 3.63) is 42.5 Å². The highest BCUT2D eigenvalue weighted by Gasteiger charge is 2.36. The van der Waals surface area contributed by atoms with E-state index < -0.39 is 23.8 Å². The van der Waals surface area contributed by atoms with Gasteiger partial charge in [0.05, 0.1) is 23.8 Å². The number of pyridine rings is 1. The third-order valence-electron chi connectivity index (χ3n) is 5.02. The van der Waals surface area contributed by atoms with Crippen LogP contribution in [-0.2, 0) is 0 Å². The standard InChI is InChI=1S/C21H21F4N7O/c1-11(21(23,24)25)30-19-27-8-14-13(7-26-17(14)31-19)12-4-5-32-16(6-12)15(9-29-32)18(33)28-10-20(2,3)22/h4-9,11H,10H2,1-3H3,(H,28,33)(H2,26,27,30,31). The van der Waals surface area contributed by atoms with Crippen molar-refractivity contribution >= 4 is 28.4 Å². The number of rotatable bonds is 6. The predicted molar refractivity (Wildman–Crippen MR) is 115 cm³/mol. The number of nitrogens with zero attached hydrogens (tertiary/aromatic N) is 4. The Balaban J connectivity index is 1.65. The topological polar surface area (TPSA) is 100 Å². The Morgan fingerprint density at radius 2 is 2.00 bits per heavy atom. The highest BCUT2D eigenvalue weighted by atomic mass is 19.4. The van der Waals surface area contributed by atoms with Crippen molar-refractivity contribution < 1.29 is 22.4 Å². The van der Waals surface area contributed by atoms with Crippen LogP contribution in [0.15, 0.2) is 36.9 Å². The summed E-state index contributed by atoms with van der Waals surface area (Å²) in [5, 5.41) is 9.54. The predicted octanol–water partition coefficient (Wildman–Crippen LogP) is 4.11. The monoisotopic (exact) mass is 463 g/mol. The lowest BCUT2D eigenvalue weighted by Crippen LogP contribution is -2.35. The average molecular weight is 463 g/mol. The number of aromatic nitrogens is 5. The number of H-pyrrole nitrogens is 1. The Morgan fingerprint density at radius 1 is 1.24 bits per heavy atom. The van der Waals surface area contributed by atoms with Gasteiger partial charge < -0.3 is 15.6 Å². The lowest BCUT2D eigenvalue weighted by Gasteiger charge is -2.16. The van der Waals surface area contributed by atoms with Gasteiger partial charge in [-0.2, -0.15) is 23.3 Å². The Labute approximate surface area is 185 Å². The molecule has 1 unspecified atom stereocenters. The van der Waals surface area contributed by atoms with Gasteiger partial charge in [0, 0.05) is 29.5 Å². The molecule has 4 aromatic rings. The van der Waals surface area contributed by atoms with Gasteiger partial charge in [0.1, 0.15) is 17.4 Å². The molecule has 33 heavy (non-hydrogen) atoms. The molecule has 0 bridgehead atoms. The summed E-state index contributed by atoms with van der Waals surface area (Å²) in [6, 6.07) is 1.71. The summed E-state index contributed by atoms with van der Waals surface area (Å²) in [6.45, 7) is 3.57. The Kier molecular flexibility index (Phi) is 5.46. The molecule has 0 saturated heterocycles. The summed E-state index contributed by atoms with van der Waals surface area (Å²) < 4.78 is 53.6. The third-order valence-corrected chi connectivity index (χ3v) is 5.02. The van der Waals surface area contributed by atoms with E-state index >= 15 is 0 Å². The highest BCUT2D eigenvalue weighted by molar-refractivity contribution is 6.02. The van der Waals surface area contributed by atoms with Crippen LogP contribution in [0.4, 0.5) is 23.5 Å². The van der Waals surface area contributed by atoms with E-state index in [-0.39, 0.29) is 18.1 Å². The van der Waals surface area contributed by atoms with Crippen molar-refractivity contribution in [2.45, 2.75) is 38.7 Å². The molecule has 4 aromatic heterocycles. The normalized spacial score (nSPS) is 13.4. The van der Waals surface area contributed by atoms with Crippen molar-refractivity contribution in [2.75, 3.05) is 11.9 Å². The Hall–Kier alpha value is -3.70. The number of aromatic amines is 1. The van der Waals surface area contributed by atoms with E-state index in [1.165, 1.54) is 30.8 Å². The first kappa shape index (κ1) is 22.5. The molecule has 4 heterocycles. The molecule has 0 aromatic carbocycles. The first-order valence-corrected chi connectivity index (χ1v) is 10.0. The van der Waals surface area contributed by atoms with Crippen LogP contribution in [-0.4, -0.2) is 54.9 Å². The summed E-state index contributed by atoms with van der Waals surface area (Å²) in [6.07, 6.45) is 1.73. The number of amides is 1. The summed E-state index contributed by atoms with van der Waals surface area (Å²) >= 11 is 0. The minimum atomic E-state index is -4.43. The smallest absolute Gasteiger partial charge is 0.349 e. The molecule has 0 radical (unpaired) electrons. The fourth-order valence-corrected chi connectivity index (χ4v) is 3.20. The van der Waals surface area contributed by atoms with E-state index in [4.69, 9.17) is 0 Å². The van der Waals surface area contributed by atoms with Crippen LogP contribution in [0.2, 0.25) is 0 Å². The van der Waals surface area contributed by atoms with Gasteiger partial charge in [0.15, 0.2) is 0 Å². The Bertz CT molecular complexity index is 1320. The van der Waals surface area contributed by atoms with Gasteiger partial charge >= 0.3 is 6.18 Å². The zero-order valence-corrected chi connectivity index (χ0v) is 18.0. The maximum Gasteiger partial charge on any atom is 0.408 e. The molecule has 1 atom stereocenters. The molecule has 0 spiro atoms. The van der Waals surface area contributed by atoms with Crippen LogP contribution < -0.4 is 10.6 Å². The quantitative estimate of drug-likeness (QED) is 0.374. The van der Waals surface area contributed by atoms with Gasteiger partial charge in [0.2, 0.25) is 5.95 Å². The van der Waals surface area contributed by atoms with Gasteiger partial charge in [-0.1, -0.05) is 0 Å². The van der Waals surface area contributed by atoms with Crippen LogP contribution in [0.1, 0.15) is 31.1 Å². The van der Waals surface area contributed by atoms with E-state index in [1.54, 1.807) is 24.5 Å². The fraction of sp³-hybridized carbons (Fsp3) is 0.333. The average Bonchev–Trinajstić information content (AvgIpc) is 3.34. The van der Waals surface area contributed by atoms with E-state index in [1.807, 2.05) is 0 Å². The number of fused-ring (bicyclic) bond motifs is 2. The maximum atomic E-state index is 13.7. The van der Waals surface area contributed by atoms with E-state index in [0.717, 1.165) is 6.92 Å². The fourth-order valence-electron chi connectivity index (χ4n) is 3.20. The van der Waals surface area contributed by atoms with E-state index in [9.17, 15) is 22.4 Å². The highest BCUT2D eigenvalue weighted by Crippen LogP contribution is 2.30. The van der Waals surface area contributed by atoms with Gasteiger partial charge in [-0.25, -0.2) is 13.9 Å². The van der Waals surface area contributed by atoms with Crippen molar-refractivity contribution in [1.29, 1.82) is 0 Å².